The summed E-state index contributed by atoms with van der Waals surface area (Å²) in [5, 5.41) is 2.90. The van der Waals surface area contributed by atoms with Gasteiger partial charge in [-0.3, -0.25) is 4.79 Å². The molecular formula is C15H22N2O. The number of nitrogens with one attached hydrogen (secondary N) is 1. The molecular weight excluding hydrogens is 224 g/mol. The molecule has 1 aliphatic rings. The molecule has 1 aliphatic heterocycles. The lowest BCUT2D eigenvalue weighted by molar-refractivity contribution is 0.0953. The van der Waals surface area contributed by atoms with Crippen LogP contribution >= 0.6 is 0 Å². The van der Waals surface area contributed by atoms with Crippen molar-refractivity contribution in [3.8, 4) is 0 Å². The summed E-state index contributed by atoms with van der Waals surface area (Å²) in [5.74, 6) is 0.590. The fourth-order valence-corrected chi connectivity index (χ4v) is 2.64. The maximum atomic E-state index is 12.1. The summed E-state index contributed by atoms with van der Waals surface area (Å²) >= 11 is 0. The second-order valence-corrected chi connectivity index (χ2v) is 5.02. The molecule has 0 bridgehead atoms. The molecule has 0 atom stereocenters. The number of rotatable bonds is 3. The van der Waals surface area contributed by atoms with Gasteiger partial charge in [-0.05, 0) is 57.5 Å². The summed E-state index contributed by atoms with van der Waals surface area (Å²) in [4.78, 5) is 14.4. The van der Waals surface area contributed by atoms with E-state index < -0.39 is 0 Å². The Hall–Kier alpha value is -1.35. The standard InChI is InChI=1S/C15H22N2O/c1-3-16-15(18)14-7-5-4-6-13(14)12-8-10-17(2)11-9-12/h4-7,12H,3,8-11H2,1-2H3,(H,16,18). The molecule has 1 fully saturated rings. The SMILES string of the molecule is CCNC(=O)c1ccccc1C1CCN(C)CC1. The van der Waals surface area contributed by atoms with Crippen LogP contribution in [0.3, 0.4) is 0 Å². The van der Waals surface area contributed by atoms with Crippen LogP contribution in [0.1, 0.15) is 41.6 Å². The van der Waals surface area contributed by atoms with Crippen LogP contribution in [-0.4, -0.2) is 37.5 Å². The van der Waals surface area contributed by atoms with Crippen LogP contribution in [0.2, 0.25) is 0 Å². The van der Waals surface area contributed by atoms with Gasteiger partial charge in [0.1, 0.15) is 0 Å². The van der Waals surface area contributed by atoms with Gasteiger partial charge < -0.3 is 10.2 Å². The monoisotopic (exact) mass is 246 g/mol. The average Bonchev–Trinajstić information content (AvgIpc) is 2.40. The molecule has 1 heterocycles. The van der Waals surface area contributed by atoms with E-state index in [1.54, 1.807) is 0 Å². The molecule has 1 saturated heterocycles. The first-order chi connectivity index (χ1) is 8.72. The first kappa shape index (κ1) is 13.1. The Bertz CT molecular complexity index is 409. The van der Waals surface area contributed by atoms with Crippen LogP contribution in [0.15, 0.2) is 24.3 Å². The number of amides is 1. The Morgan fingerprint density at radius 2 is 2.00 bits per heavy atom. The van der Waals surface area contributed by atoms with E-state index in [9.17, 15) is 4.79 Å². The van der Waals surface area contributed by atoms with Gasteiger partial charge in [-0.25, -0.2) is 0 Å². The number of likely N-dealkylation sites (tertiary alicyclic amines) is 1. The second-order valence-electron chi connectivity index (χ2n) is 5.02. The van der Waals surface area contributed by atoms with Gasteiger partial charge in [-0.15, -0.1) is 0 Å². The van der Waals surface area contributed by atoms with Gasteiger partial charge in [-0.2, -0.15) is 0 Å². The lowest BCUT2D eigenvalue weighted by Crippen LogP contribution is -2.31. The Morgan fingerprint density at radius 1 is 1.33 bits per heavy atom. The molecule has 0 spiro atoms. The first-order valence-electron chi connectivity index (χ1n) is 6.78. The molecule has 2 rings (SSSR count). The topological polar surface area (TPSA) is 32.3 Å². The van der Waals surface area contributed by atoms with E-state index in [0.717, 1.165) is 31.5 Å². The van der Waals surface area contributed by atoms with E-state index in [1.807, 2.05) is 25.1 Å². The summed E-state index contributed by atoms with van der Waals surface area (Å²) in [5.41, 5.74) is 2.07. The van der Waals surface area contributed by atoms with E-state index in [4.69, 9.17) is 0 Å². The minimum absolute atomic E-state index is 0.0621. The summed E-state index contributed by atoms with van der Waals surface area (Å²) in [6.07, 6.45) is 2.29. The van der Waals surface area contributed by atoms with Crippen molar-refractivity contribution in [3.63, 3.8) is 0 Å². The number of benzene rings is 1. The van der Waals surface area contributed by atoms with Crippen molar-refractivity contribution < 1.29 is 4.79 Å². The van der Waals surface area contributed by atoms with E-state index in [-0.39, 0.29) is 5.91 Å². The van der Waals surface area contributed by atoms with E-state index in [2.05, 4.69) is 23.3 Å². The van der Waals surface area contributed by atoms with E-state index in [1.165, 1.54) is 5.56 Å². The molecule has 0 aromatic heterocycles. The van der Waals surface area contributed by atoms with Crippen molar-refractivity contribution in [2.45, 2.75) is 25.7 Å². The molecule has 1 aromatic rings. The maximum absolute atomic E-state index is 12.1. The highest BCUT2D eigenvalue weighted by molar-refractivity contribution is 5.95. The number of piperidine rings is 1. The van der Waals surface area contributed by atoms with Crippen LogP contribution in [0.5, 0.6) is 0 Å². The smallest absolute Gasteiger partial charge is 0.251 e. The number of hydrogen-bond acceptors (Lipinski definition) is 2. The van der Waals surface area contributed by atoms with E-state index >= 15 is 0 Å². The van der Waals surface area contributed by atoms with Crippen LogP contribution in [0, 0.1) is 0 Å². The summed E-state index contributed by atoms with van der Waals surface area (Å²) in [6.45, 7) is 4.87. The number of nitrogens with zero attached hydrogens (tertiary/aromatic N) is 1. The van der Waals surface area contributed by atoms with Gasteiger partial charge in [0, 0.05) is 12.1 Å². The number of carbonyl (C=O) groups is 1. The molecule has 98 valence electrons. The van der Waals surface area contributed by atoms with Gasteiger partial charge in [0.25, 0.3) is 5.91 Å². The number of carbonyl (C=O) groups excluding carboxylic acids is 1. The molecule has 3 heteroatoms. The lowest BCUT2D eigenvalue weighted by Gasteiger charge is -2.30. The van der Waals surface area contributed by atoms with Crippen molar-refractivity contribution in [3.05, 3.63) is 35.4 Å². The molecule has 1 N–H and O–H groups in total. The highest BCUT2D eigenvalue weighted by Gasteiger charge is 2.22. The molecule has 18 heavy (non-hydrogen) atoms. The minimum Gasteiger partial charge on any atom is -0.352 e. The fraction of sp³-hybridized carbons (Fsp3) is 0.533. The van der Waals surface area contributed by atoms with E-state index in [0.29, 0.717) is 12.5 Å². The zero-order valence-corrected chi connectivity index (χ0v) is 11.3. The third-order valence-electron chi connectivity index (χ3n) is 3.70. The van der Waals surface area contributed by atoms with Crippen LogP contribution in [0.25, 0.3) is 0 Å². The quantitative estimate of drug-likeness (QED) is 0.887. The van der Waals surface area contributed by atoms with Gasteiger partial charge >= 0.3 is 0 Å². The van der Waals surface area contributed by atoms with Crippen molar-refractivity contribution in [1.29, 1.82) is 0 Å². The summed E-state index contributed by atoms with van der Waals surface area (Å²) in [7, 11) is 2.16. The highest BCUT2D eigenvalue weighted by atomic mass is 16.1. The Balaban J connectivity index is 2.19. The zero-order chi connectivity index (χ0) is 13.0. The minimum atomic E-state index is 0.0621. The predicted molar refractivity (Wildman–Crippen MR) is 73.9 cm³/mol. The first-order valence-corrected chi connectivity index (χ1v) is 6.78. The fourth-order valence-electron chi connectivity index (χ4n) is 2.64. The van der Waals surface area contributed by atoms with Gasteiger partial charge in [-0.1, -0.05) is 18.2 Å². The summed E-state index contributed by atoms with van der Waals surface area (Å²) in [6, 6.07) is 8.04. The summed E-state index contributed by atoms with van der Waals surface area (Å²) < 4.78 is 0. The lowest BCUT2D eigenvalue weighted by atomic mass is 9.86. The Kier molecular flexibility index (Phi) is 4.37. The highest BCUT2D eigenvalue weighted by Crippen LogP contribution is 2.29. The molecule has 0 unspecified atom stereocenters. The molecule has 0 radical (unpaired) electrons. The van der Waals surface area contributed by atoms with Crippen LogP contribution < -0.4 is 5.32 Å². The largest absolute Gasteiger partial charge is 0.352 e. The molecule has 3 nitrogen and oxygen atoms in total. The third-order valence-corrected chi connectivity index (χ3v) is 3.70. The maximum Gasteiger partial charge on any atom is 0.251 e. The predicted octanol–water partition coefficient (Wildman–Crippen LogP) is 2.25. The van der Waals surface area contributed by atoms with Gasteiger partial charge in [0.15, 0.2) is 0 Å². The van der Waals surface area contributed by atoms with Crippen LogP contribution in [-0.2, 0) is 0 Å². The molecule has 1 amide bonds. The zero-order valence-electron chi connectivity index (χ0n) is 11.3. The second kappa shape index (κ2) is 6.01. The van der Waals surface area contributed by atoms with Crippen molar-refractivity contribution >= 4 is 5.91 Å². The van der Waals surface area contributed by atoms with Crippen molar-refractivity contribution in [2.24, 2.45) is 0 Å². The normalized spacial score (nSPS) is 17.7. The average molecular weight is 246 g/mol. The Morgan fingerprint density at radius 3 is 2.67 bits per heavy atom. The molecule has 0 aliphatic carbocycles. The number of hydrogen-bond donors (Lipinski definition) is 1. The Labute approximate surface area is 109 Å². The van der Waals surface area contributed by atoms with Gasteiger partial charge in [0.05, 0.1) is 0 Å². The van der Waals surface area contributed by atoms with Gasteiger partial charge in [0.2, 0.25) is 0 Å². The van der Waals surface area contributed by atoms with Crippen molar-refractivity contribution in [1.82, 2.24) is 10.2 Å². The van der Waals surface area contributed by atoms with Crippen LogP contribution in [0.4, 0.5) is 0 Å². The third kappa shape index (κ3) is 2.91. The molecule has 0 saturated carbocycles. The van der Waals surface area contributed by atoms with Crippen molar-refractivity contribution in [2.75, 3.05) is 26.7 Å². The molecule has 1 aromatic carbocycles.